The number of amides is 1. The number of piperazine rings is 1. The van der Waals surface area contributed by atoms with Gasteiger partial charge >= 0.3 is 0 Å². The van der Waals surface area contributed by atoms with Gasteiger partial charge < -0.3 is 19.3 Å². The highest BCUT2D eigenvalue weighted by Gasteiger charge is 2.30. The molecule has 0 N–H and O–H groups in total. The molecule has 0 unspecified atom stereocenters. The molecule has 0 saturated carbocycles. The minimum absolute atomic E-state index is 0.0672. The molecule has 2 heterocycles. The summed E-state index contributed by atoms with van der Waals surface area (Å²) < 4.78 is 11.2. The minimum Gasteiger partial charge on any atom is -0.489 e. The molecule has 0 radical (unpaired) electrons. The van der Waals surface area contributed by atoms with E-state index in [0.717, 1.165) is 50.5 Å². The summed E-state index contributed by atoms with van der Waals surface area (Å²) in [6.45, 7) is 5.17. The van der Waals surface area contributed by atoms with Crippen molar-refractivity contribution in [3.8, 4) is 5.75 Å². The fraction of sp³-hybridized carbons (Fsp3) is 0.409. The summed E-state index contributed by atoms with van der Waals surface area (Å²) in [5, 5.41) is 0. The number of carbonyl (C=O) groups excluding carboxylic acids is 1. The van der Waals surface area contributed by atoms with E-state index in [-0.39, 0.29) is 11.8 Å². The largest absolute Gasteiger partial charge is 0.489 e. The van der Waals surface area contributed by atoms with Crippen molar-refractivity contribution in [3.05, 3.63) is 60.2 Å². The van der Waals surface area contributed by atoms with E-state index in [1.54, 1.807) is 0 Å². The fourth-order valence-corrected chi connectivity index (χ4v) is 3.67. The Morgan fingerprint density at radius 1 is 1.00 bits per heavy atom. The van der Waals surface area contributed by atoms with Crippen LogP contribution in [-0.4, -0.2) is 50.2 Å². The maximum atomic E-state index is 12.5. The average Bonchev–Trinajstić information content (AvgIpc) is 3.28. The van der Waals surface area contributed by atoms with E-state index in [1.165, 1.54) is 5.69 Å². The molecule has 4 rings (SSSR count). The van der Waals surface area contributed by atoms with Crippen LogP contribution in [0, 0.1) is 5.92 Å². The molecule has 2 fully saturated rings. The van der Waals surface area contributed by atoms with Crippen molar-refractivity contribution in [2.75, 3.05) is 44.3 Å². The van der Waals surface area contributed by atoms with Gasteiger partial charge in [0, 0.05) is 38.5 Å². The topological polar surface area (TPSA) is 42.0 Å². The Labute approximate surface area is 160 Å². The third kappa shape index (κ3) is 4.42. The lowest BCUT2D eigenvalue weighted by molar-refractivity contribution is -0.135. The lowest BCUT2D eigenvalue weighted by Crippen LogP contribution is -2.50. The maximum Gasteiger partial charge on any atom is 0.228 e. The van der Waals surface area contributed by atoms with Gasteiger partial charge in [-0.05, 0) is 36.2 Å². The van der Waals surface area contributed by atoms with Crippen LogP contribution in [0.1, 0.15) is 12.0 Å². The molecular weight excluding hydrogens is 340 g/mol. The molecular formula is C22H26N2O3. The van der Waals surface area contributed by atoms with Crippen LogP contribution in [0.15, 0.2) is 54.6 Å². The van der Waals surface area contributed by atoms with Crippen molar-refractivity contribution < 1.29 is 14.3 Å². The molecule has 142 valence electrons. The Morgan fingerprint density at radius 3 is 2.41 bits per heavy atom. The molecule has 1 amide bonds. The van der Waals surface area contributed by atoms with Crippen LogP contribution >= 0.6 is 0 Å². The molecule has 27 heavy (non-hydrogen) atoms. The predicted octanol–water partition coefficient (Wildman–Crippen LogP) is 2.95. The molecule has 0 aromatic heterocycles. The highest BCUT2D eigenvalue weighted by molar-refractivity contribution is 5.79. The first-order chi connectivity index (χ1) is 13.3. The van der Waals surface area contributed by atoms with Crippen molar-refractivity contribution >= 4 is 11.6 Å². The molecule has 2 aromatic rings. The standard InChI is InChI=1S/C22H26N2O3/c25-22(19-10-15-26-17-19)24-13-11-23(12-14-24)20-6-8-21(9-7-20)27-16-18-4-2-1-3-5-18/h1-9,19H,10-17H2/t19-/m0/s1. The second-order valence-corrected chi connectivity index (χ2v) is 7.14. The predicted molar refractivity (Wildman–Crippen MR) is 105 cm³/mol. The smallest absolute Gasteiger partial charge is 0.228 e. The quantitative estimate of drug-likeness (QED) is 0.816. The Kier molecular flexibility index (Phi) is 5.58. The number of anilines is 1. The molecule has 0 aliphatic carbocycles. The Hall–Kier alpha value is -2.53. The van der Waals surface area contributed by atoms with Crippen molar-refractivity contribution in [1.29, 1.82) is 0 Å². The van der Waals surface area contributed by atoms with Gasteiger partial charge in [-0.15, -0.1) is 0 Å². The highest BCUT2D eigenvalue weighted by Crippen LogP contribution is 2.23. The van der Waals surface area contributed by atoms with Crippen molar-refractivity contribution in [1.82, 2.24) is 4.90 Å². The molecule has 2 saturated heterocycles. The molecule has 2 aromatic carbocycles. The minimum atomic E-state index is 0.0672. The lowest BCUT2D eigenvalue weighted by Gasteiger charge is -2.37. The lowest BCUT2D eigenvalue weighted by atomic mass is 10.1. The monoisotopic (exact) mass is 366 g/mol. The van der Waals surface area contributed by atoms with Crippen molar-refractivity contribution in [2.45, 2.75) is 13.0 Å². The summed E-state index contributed by atoms with van der Waals surface area (Å²) in [6, 6.07) is 18.4. The molecule has 5 heteroatoms. The van der Waals surface area contributed by atoms with Gasteiger partial charge in [0.15, 0.2) is 0 Å². The molecule has 5 nitrogen and oxygen atoms in total. The van der Waals surface area contributed by atoms with E-state index < -0.39 is 0 Å². The Balaban J connectivity index is 1.27. The summed E-state index contributed by atoms with van der Waals surface area (Å²) in [7, 11) is 0. The van der Waals surface area contributed by atoms with Crippen LogP contribution in [0.2, 0.25) is 0 Å². The number of nitrogens with zero attached hydrogens (tertiary/aromatic N) is 2. The molecule has 1 atom stereocenters. The number of carbonyl (C=O) groups is 1. The number of ether oxygens (including phenoxy) is 2. The molecule has 0 bridgehead atoms. The molecule has 2 aliphatic rings. The van der Waals surface area contributed by atoms with E-state index in [2.05, 4.69) is 29.2 Å². The third-order valence-corrected chi connectivity index (χ3v) is 5.32. The van der Waals surface area contributed by atoms with Crippen molar-refractivity contribution in [2.24, 2.45) is 5.92 Å². The van der Waals surface area contributed by atoms with Crippen LogP contribution in [0.5, 0.6) is 5.75 Å². The number of rotatable bonds is 5. The van der Waals surface area contributed by atoms with E-state index >= 15 is 0 Å². The van der Waals surface area contributed by atoms with E-state index in [9.17, 15) is 4.79 Å². The van der Waals surface area contributed by atoms with Crippen LogP contribution < -0.4 is 9.64 Å². The van der Waals surface area contributed by atoms with Crippen LogP contribution in [-0.2, 0) is 16.1 Å². The van der Waals surface area contributed by atoms with Gasteiger partial charge in [-0.2, -0.15) is 0 Å². The first kappa shape index (κ1) is 17.9. The summed E-state index contributed by atoms with van der Waals surface area (Å²) in [5.74, 6) is 1.20. The third-order valence-electron chi connectivity index (χ3n) is 5.32. The average molecular weight is 366 g/mol. The van der Waals surface area contributed by atoms with Gasteiger partial charge in [-0.25, -0.2) is 0 Å². The zero-order chi connectivity index (χ0) is 18.5. The van der Waals surface area contributed by atoms with E-state index in [1.807, 2.05) is 35.2 Å². The van der Waals surface area contributed by atoms with Crippen LogP contribution in [0.3, 0.4) is 0 Å². The van der Waals surface area contributed by atoms with E-state index in [4.69, 9.17) is 9.47 Å². The van der Waals surface area contributed by atoms with Gasteiger partial charge in [0.05, 0.1) is 12.5 Å². The van der Waals surface area contributed by atoms with E-state index in [0.29, 0.717) is 13.2 Å². The van der Waals surface area contributed by atoms with Crippen LogP contribution in [0.4, 0.5) is 5.69 Å². The van der Waals surface area contributed by atoms with Gasteiger partial charge in [-0.1, -0.05) is 30.3 Å². The number of hydrogen-bond donors (Lipinski definition) is 0. The first-order valence-corrected chi connectivity index (χ1v) is 9.68. The number of benzene rings is 2. The maximum absolute atomic E-state index is 12.5. The fourth-order valence-electron chi connectivity index (χ4n) is 3.67. The summed E-state index contributed by atoms with van der Waals surface area (Å²) >= 11 is 0. The Bertz CT molecular complexity index is 734. The second kappa shape index (κ2) is 8.44. The summed E-state index contributed by atoms with van der Waals surface area (Å²) in [4.78, 5) is 16.8. The number of hydrogen-bond acceptors (Lipinski definition) is 4. The van der Waals surface area contributed by atoms with Gasteiger partial charge in [0.25, 0.3) is 0 Å². The highest BCUT2D eigenvalue weighted by atomic mass is 16.5. The van der Waals surface area contributed by atoms with Gasteiger partial charge in [0.2, 0.25) is 5.91 Å². The van der Waals surface area contributed by atoms with Gasteiger partial charge in [-0.3, -0.25) is 4.79 Å². The zero-order valence-corrected chi connectivity index (χ0v) is 15.5. The second-order valence-electron chi connectivity index (χ2n) is 7.14. The summed E-state index contributed by atoms with van der Waals surface area (Å²) in [6.07, 6.45) is 0.865. The summed E-state index contributed by atoms with van der Waals surface area (Å²) in [5.41, 5.74) is 2.34. The normalized spacial score (nSPS) is 19.9. The van der Waals surface area contributed by atoms with Crippen molar-refractivity contribution in [3.63, 3.8) is 0 Å². The van der Waals surface area contributed by atoms with Crippen LogP contribution in [0.25, 0.3) is 0 Å². The molecule has 0 spiro atoms. The van der Waals surface area contributed by atoms with Gasteiger partial charge in [0.1, 0.15) is 12.4 Å². The molecule has 2 aliphatic heterocycles. The first-order valence-electron chi connectivity index (χ1n) is 9.68. The zero-order valence-electron chi connectivity index (χ0n) is 15.5. The Morgan fingerprint density at radius 2 is 1.74 bits per heavy atom. The SMILES string of the molecule is O=C([C@H]1CCOC1)N1CCN(c2ccc(OCc3ccccc3)cc2)CC1.